The van der Waals surface area contributed by atoms with E-state index in [1.165, 1.54) is 5.56 Å². The first-order valence-corrected chi connectivity index (χ1v) is 6.80. The van der Waals surface area contributed by atoms with Crippen molar-refractivity contribution in [2.45, 2.75) is 12.3 Å². The summed E-state index contributed by atoms with van der Waals surface area (Å²) in [7, 11) is 5.50. The fourth-order valence-electron chi connectivity index (χ4n) is 2.98. The minimum absolute atomic E-state index is 0.511. The molecule has 2 rings (SSSR count). The maximum atomic E-state index is 5.94. The van der Waals surface area contributed by atoms with Crippen molar-refractivity contribution in [2.75, 3.05) is 40.9 Å². The summed E-state index contributed by atoms with van der Waals surface area (Å²) in [5, 5.41) is 0. The van der Waals surface area contributed by atoms with E-state index in [-0.39, 0.29) is 0 Å². The highest BCUT2D eigenvalue weighted by Gasteiger charge is 2.28. The molecule has 1 aromatic rings. The molecule has 106 valence electrons. The van der Waals surface area contributed by atoms with E-state index >= 15 is 0 Å². The summed E-state index contributed by atoms with van der Waals surface area (Å²) in [6.45, 7) is 2.91. The molecule has 0 amide bonds. The minimum Gasteiger partial charge on any atom is -0.493 e. The highest BCUT2D eigenvalue weighted by molar-refractivity contribution is 5.44. The van der Waals surface area contributed by atoms with E-state index in [0.29, 0.717) is 11.8 Å². The average molecular weight is 264 g/mol. The largest absolute Gasteiger partial charge is 0.493 e. The number of nitrogens with zero attached hydrogens (tertiary/aromatic N) is 1. The lowest BCUT2D eigenvalue weighted by atomic mass is 9.80. The van der Waals surface area contributed by atoms with E-state index < -0.39 is 0 Å². The molecule has 2 atom stereocenters. The molecular formula is C15H24N2O2. The Kier molecular flexibility index (Phi) is 4.66. The standard InChI is InChI=1S/C15H24N2O2/c1-17-7-6-13(12(9-16)10-17)11-4-5-14(18-2)15(8-11)19-3/h4-5,8,12-13H,6-7,9-10,16H2,1-3H3. The van der Waals surface area contributed by atoms with E-state index in [2.05, 4.69) is 24.1 Å². The van der Waals surface area contributed by atoms with Crippen LogP contribution in [-0.4, -0.2) is 45.8 Å². The van der Waals surface area contributed by atoms with Crippen LogP contribution < -0.4 is 15.2 Å². The third kappa shape index (κ3) is 3.01. The first-order chi connectivity index (χ1) is 9.19. The number of piperidine rings is 1. The molecule has 2 unspecified atom stereocenters. The fourth-order valence-corrected chi connectivity index (χ4v) is 2.98. The van der Waals surface area contributed by atoms with Crippen LogP contribution >= 0.6 is 0 Å². The van der Waals surface area contributed by atoms with E-state index in [0.717, 1.165) is 37.6 Å². The average Bonchev–Trinajstić information content (AvgIpc) is 2.46. The van der Waals surface area contributed by atoms with Gasteiger partial charge in [-0.3, -0.25) is 0 Å². The topological polar surface area (TPSA) is 47.7 Å². The number of likely N-dealkylation sites (tertiary alicyclic amines) is 1. The summed E-state index contributed by atoms with van der Waals surface area (Å²) in [6.07, 6.45) is 1.15. The van der Waals surface area contributed by atoms with E-state index in [1.807, 2.05) is 6.07 Å². The molecule has 1 saturated heterocycles. The van der Waals surface area contributed by atoms with Crippen LogP contribution in [0.15, 0.2) is 18.2 Å². The van der Waals surface area contributed by atoms with Gasteiger partial charge in [0, 0.05) is 6.54 Å². The van der Waals surface area contributed by atoms with Gasteiger partial charge in [0.25, 0.3) is 0 Å². The van der Waals surface area contributed by atoms with Crippen molar-refractivity contribution in [3.63, 3.8) is 0 Å². The van der Waals surface area contributed by atoms with Gasteiger partial charge in [0.2, 0.25) is 0 Å². The summed E-state index contributed by atoms with van der Waals surface area (Å²) < 4.78 is 10.7. The number of ether oxygens (including phenoxy) is 2. The monoisotopic (exact) mass is 264 g/mol. The van der Waals surface area contributed by atoms with E-state index in [4.69, 9.17) is 15.2 Å². The molecule has 0 saturated carbocycles. The van der Waals surface area contributed by atoms with Crippen LogP contribution in [-0.2, 0) is 0 Å². The Hall–Kier alpha value is -1.26. The van der Waals surface area contributed by atoms with Crippen molar-refractivity contribution >= 4 is 0 Å². The maximum absolute atomic E-state index is 5.94. The minimum atomic E-state index is 0.511. The van der Waals surface area contributed by atoms with Crippen molar-refractivity contribution in [3.8, 4) is 11.5 Å². The number of benzene rings is 1. The Balaban J connectivity index is 2.25. The normalized spacial score (nSPS) is 24.2. The molecular weight excluding hydrogens is 240 g/mol. The Bertz CT molecular complexity index is 423. The van der Waals surface area contributed by atoms with Crippen molar-refractivity contribution in [1.29, 1.82) is 0 Å². The zero-order valence-corrected chi connectivity index (χ0v) is 12.1. The Labute approximate surface area is 115 Å². The molecule has 1 aliphatic heterocycles. The summed E-state index contributed by atoms with van der Waals surface area (Å²) >= 11 is 0. The van der Waals surface area contributed by atoms with Crippen LogP contribution in [0.1, 0.15) is 17.9 Å². The van der Waals surface area contributed by atoms with Gasteiger partial charge in [0.15, 0.2) is 11.5 Å². The van der Waals surface area contributed by atoms with Gasteiger partial charge in [0.05, 0.1) is 14.2 Å². The molecule has 1 aromatic carbocycles. The molecule has 0 aromatic heterocycles. The summed E-state index contributed by atoms with van der Waals surface area (Å²) in [5.41, 5.74) is 7.24. The van der Waals surface area contributed by atoms with Gasteiger partial charge in [-0.25, -0.2) is 0 Å². The van der Waals surface area contributed by atoms with Gasteiger partial charge in [-0.15, -0.1) is 0 Å². The predicted octanol–water partition coefficient (Wildman–Crippen LogP) is 1.70. The van der Waals surface area contributed by atoms with Gasteiger partial charge < -0.3 is 20.1 Å². The first kappa shape index (κ1) is 14.2. The Morgan fingerprint density at radius 2 is 2.00 bits per heavy atom. The number of rotatable bonds is 4. The maximum Gasteiger partial charge on any atom is 0.160 e. The Morgan fingerprint density at radius 3 is 2.63 bits per heavy atom. The smallest absolute Gasteiger partial charge is 0.160 e. The number of hydrogen-bond donors (Lipinski definition) is 1. The van der Waals surface area contributed by atoms with Crippen LogP contribution in [0.25, 0.3) is 0 Å². The summed E-state index contributed by atoms with van der Waals surface area (Å²) in [6, 6.07) is 6.22. The molecule has 1 fully saturated rings. The second-order valence-electron chi connectivity index (χ2n) is 5.27. The zero-order chi connectivity index (χ0) is 13.8. The van der Waals surface area contributed by atoms with E-state index in [1.54, 1.807) is 14.2 Å². The molecule has 4 nitrogen and oxygen atoms in total. The number of methoxy groups -OCH3 is 2. The van der Waals surface area contributed by atoms with Crippen LogP contribution in [0.2, 0.25) is 0 Å². The fraction of sp³-hybridized carbons (Fsp3) is 0.600. The first-order valence-electron chi connectivity index (χ1n) is 6.80. The van der Waals surface area contributed by atoms with Gasteiger partial charge in [-0.2, -0.15) is 0 Å². The van der Waals surface area contributed by atoms with Crippen LogP contribution in [0.3, 0.4) is 0 Å². The molecule has 2 N–H and O–H groups in total. The van der Waals surface area contributed by atoms with Gasteiger partial charge in [-0.05, 0) is 56.1 Å². The highest BCUT2D eigenvalue weighted by atomic mass is 16.5. The molecule has 1 aliphatic rings. The predicted molar refractivity (Wildman–Crippen MR) is 76.9 cm³/mol. The molecule has 0 radical (unpaired) electrons. The SMILES string of the molecule is COc1ccc(C2CCN(C)CC2CN)cc1OC. The lowest BCUT2D eigenvalue weighted by Gasteiger charge is -2.36. The second-order valence-corrected chi connectivity index (χ2v) is 5.27. The molecule has 19 heavy (non-hydrogen) atoms. The van der Waals surface area contributed by atoms with Gasteiger partial charge in [0.1, 0.15) is 0 Å². The lowest BCUT2D eigenvalue weighted by molar-refractivity contribution is 0.188. The van der Waals surface area contributed by atoms with Crippen LogP contribution in [0.4, 0.5) is 0 Å². The molecule has 0 bridgehead atoms. The quantitative estimate of drug-likeness (QED) is 0.899. The molecule has 0 spiro atoms. The van der Waals surface area contributed by atoms with Crippen molar-refractivity contribution < 1.29 is 9.47 Å². The van der Waals surface area contributed by atoms with Crippen LogP contribution in [0.5, 0.6) is 11.5 Å². The number of hydrogen-bond acceptors (Lipinski definition) is 4. The van der Waals surface area contributed by atoms with Crippen molar-refractivity contribution in [2.24, 2.45) is 11.7 Å². The lowest BCUT2D eigenvalue weighted by Crippen LogP contribution is -2.40. The Morgan fingerprint density at radius 1 is 1.26 bits per heavy atom. The van der Waals surface area contributed by atoms with Crippen molar-refractivity contribution in [3.05, 3.63) is 23.8 Å². The summed E-state index contributed by atoms with van der Waals surface area (Å²) in [4.78, 5) is 2.36. The zero-order valence-electron chi connectivity index (χ0n) is 12.1. The number of nitrogens with two attached hydrogens (primary N) is 1. The molecule has 0 aliphatic carbocycles. The highest BCUT2D eigenvalue weighted by Crippen LogP contribution is 2.36. The third-order valence-corrected chi connectivity index (χ3v) is 4.08. The van der Waals surface area contributed by atoms with Crippen LogP contribution in [0, 0.1) is 5.92 Å². The van der Waals surface area contributed by atoms with Crippen molar-refractivity contribution in [1.82, 2.24) is 4.90 Å². The molecule has 4 heteroatoms. The van der Waals surface area contributed by atoms with Gasteiger partial charge in [-0.1, -0.05) is 6.07 Å². The second kappa shape index (κ2) is 6.26. The summed E-state index contributed by atoms with van der Waals surface area (Å²) in [5.74, 6) is 2.61. The third-order valence-electron chi connectivity index (χ3n) is 4.08. The van der Waals surface area contributed by atoms with Gasteiger partial charge >= 0.3 is 0 Å². The molecule has 1 heterocycles. The van der Waals surface area contributed by atoms with E-state index in [9.17, 15) is 0 Å².